The Morgan fingerprint density at radius 2 is 2.40 bits per heavy atom. The molecule has 0 aliphatic rings. The first-order chi connectivity index (χ1) is 7.38. The van der Waals surface area contributed by atoms with Crippen LogP contribution in [0.3, 0.4) is 0 Å². The van der Waals surface area contributed by atoms with Crippen LogP contribution in [0.2, 0.25) is 0 Å². The first kappa shape index (κ1) is 9.79. The van der Waals surface area contributed by atoms with Gasteiger partial charge >= 0.3 is 0 Å². The minimum absolute atomic E-state index is 0.713. The lowest BCUT2D eigenvalue weighted by molar-refractivity contribution is 0.647. The lowest BCUT2D eigenvalue weighted by Crippen LogP contribution is -2.05. The summed E-state index contributed by atoms with van der Waals surface area (Å²) >= 11 is 0. The molecule has 5 heteroatoms. The maximum absolute atomic E-state index is 4.05. The molecule has 0 amide bonds. The van der Waals surface area contributed by atoms with Gasteiger partial charge in [0.05, 0.1) is 18.4 Å². The Hall–Kier alpha value is -1.75. The van der Waals surface area contributed by atoms with Gasteiger partial charge in [-0.2, -0.15) is 0 Å². The van der Waals surface area contributed by atoms with E-state index in [9.17, 15) is 0 Å². The fourth-order valence-electron chi connectivity index (χ4n) is 1.36. The van der Waals surface area contributed by atoms with E-state index in [-0.39, 0.29) is 0 Å². The Morgan fingerprint density at radius 3 is 3.13 bits per heavy atom. The summed E-state index contributed by atoms with van der Waals surface area (Å²) in [5.74, 6) is 0. The van der Waals surface area contributed by atoms with Gasteiger partial charge in [-0.3, -0.25) is 4.98 Å². The second kappa shape index (κ2) is 4.65. The summed E-state index contributed by atoms with van der Waals surface area (Å²) in [5, 5.41) is 11.1. The van der Waals surface area contributed by atoms with Crippen LogP contribution in [0.1, 0.15) is 11.3 Å². The van der Waals surface area contributed by atoms with Crippen molar-refractivity contribution < 1.29 is 0 Å². The number of pyridine rings is 1. The Kier molecular flexibility index (Phi) is 3.04. The van der Waals surface area contributed by atoms with Crippen LogP contribution in [0, 0.1) is 0 Å². The molecule has 0 fully saturated rings. The molecular formula is C10H13N5. The maximum Gasteiger partial charge on any atom is 0.0964 e. The highest BCUT2D eigenvalue weighted by Crippen LogP contribution is 2.00. The molecule has 0 bridgehead atoms. The monoisotopic (exact) mass is 203 g/mol. The van der Waals surface area contributed by atoms with Crippen LogP contribution in [0.25, 0.3) is 0 Å². The zero-order valence-electron chi connectivity index (χ0n) is 8.59. The van der Waals surface area contributed by atoms with E-state index in [1.165, 1.54) is 0 Å². The van der Waals surface area contributed by atoms with Gasteiger partial charge in [0, 0.05) is 18.9 Å². The number of rotatable bonds is 4. The SMILES string of the molecule is CNCc1cn(Cc2cccnc2)nn1. The van der Waals surface area contributed by atoms with Crippen molar-refractivity contribution in [3.8, 4) is 0 Å². The second-order valence-electron chi connectivity index (χ2n) is 3.30. The molecule has 0 aromatic carbocycles. The second-order valence-corrected chi connectivity index (χ2v) is 3.30. The number of aromatic nitrogens is 4. The quantitative estimate of drug-likeness (QED) is 0.783. The molecule has 0 saturated heterocycles. The molecule has 0 spiro atoms. The van der Waals surface area contributed by atoms with Gasteiger partial charge in [-0.25, -0.2) is 4.68 Å². The van der Waals surface area contributed by atoms with E-state index in [0.717, 1.165) is 17.8 Å². The summed E-state index contributed by atoms with van der Waals surface area (Å²) in [6, 6.07) is 3.94. The fourth-order valence-corrected chi connectivity index (χ4v) is 1.36. The highest BCUT2D eigenvalue weighted by Gasteiger charge is 1.99. The summed E-state index contributed by atoms with van der Waals surface area (Å²) in [6.07, 6.45) is 5.53. The predicted octanol–water partition coefficient (Wildman–Crippen LogP) is 0.441. The zero-order valence-corrected chi connectivity index (χ0v) is 8.59. The smallest absolute Gasteiger partial charge is 0.0964 e. The molecule has 2 rings (SSSR count). The van der Waals surface area contributed by atoms with E-state index in [2.05, 4.69) is 20.6 Å². The highest BCUT2D eigenvalue weighted by atomic mass is 15.4. The molecule has 0 aliphatic heterocycles. The third kappa shape index (κ3) is 2.60. The number of hydrogen-bond donors (Lipinski definition) is 1. The average Bonchev–Trinajstić information content (AvgIpc) is 2.68. The number of hydrogen-bond acceptors (Lipinski definition) is 4. The van der Waals surface area contributed by atoms with E-state index >= 15 is 0 Å². The van der Waals surface area contributed by atoms with Gasteiger partial charge in [-0.15, -0.1) is 5.10 Å². The predicted molar refractivity (Wildman–Crippen MR) is 56.1 cm³/mol. The van der Waals surface area contributed by atoms with Crippen molar-refractivity contribution in [1.82, 2.24) is 25.3 Å². The lowest BCUT2D eigenvalue weighted by atomic mass is 10.3. The molecule has 0 saturated carbocycles. The number of nitrogens with zero attached hydrogens (tertiary/aromatic N) is 4. The first-order valence-corrected chi connectivity index (χ1v) is 4.81. The van der Waals surface area contributed by atoms with Crippen molar-refractivity contribution in [3.63, 3.8) is 0 Å². The minimum Gasteiger partial charge on any atom is -0.314 e. The van der Waals surface area contributed by atoms with E-state index in [1.54, 1.807) is 6.20 Å². The molecule has 2 aromatic rings. The molecule has 15 heavy (non-hydrogen) atoms. The lowest BCUT2D eigenvalue weighted by Gasteiger charge is -1.98. The Labute approximate surface area is 88.1 Å². The Bertz CT molecular complexity index is 409. The Morgan fingerprint density at radius 1 is 1.47 bits per heavy atom. The van der Waals surface area contributed by atoms with Crippen LogP contribution in [0.4, 0.5) is 0 Å². The summed E-state index contributed by atoms with van der Waals surface area (Å²) in [5.41, 5.74) is 2.07. The van der Waals surface area contributed by atoms with Crippen molar-refractivity contribution >= 4 is 0 Å². The summed E-state index contributed by atoms with van der Waals surface area (Å²) in [7, 11) is 1.89. The van der Waals surface area contributed by atoms with Gasteiger partial charge in [0.1, 0.15) is 0 Å². The molecular weight excluding hydrogens is 190 g/mol. The van der Waals surface area contributed by atoms with Gasteiger partial charge in [0.2, 0.25) is 0 Å². The summed E-state index contributed by atoms with van der Waals surface area (Å²) in [6.45, 7) is 1.46. The fraction of sp³-hybridized carbons (Fsp3) is 0.300. The molecule has 2 aromatic heterocycles. The Balaban J connectivity index is 2.05. The van der Waals surface area contributed by atoms with Crippen LogP contribution in [-0.2, 0) is 13.1 Å². The molecule has 78 valence electrons. The largest absolute Gasteiger partial charge is 0.314 e. The highest BCUT2D eigenvalue weighted by molar-refractivity contribution is 5.08. The van der Waals surface area contributed by atoms with Crippen LogP contribution in [0.15, 0.2) is 30.7 Å². The van der Waals surface area contributed by atoms with Crippen LogP contribution in [-0.4, -0.2) is 27.0 Å². The molecule has 0 aliphatic carbocycles. The summed E-state index contributed by atoms with van der Waals surface area (Å²) in [4.78, 5) is 4.05. The van der Waals surface area contributed by atoms with Crippen molar-refractivity contribution in [2.75, 3.05) is 7.05 Å². The van der Waals surface area contributed by atoms with Crippen molar-refractivity contribution in [1.29, 1.82) is 0 Å². The standard InChI is InChI=1S/C10H13N5/c1-11-6-10-8-15(14-13-10)7-9-3-2-4-12-5-9/h2-5,8,11H,6-7H2,1H3. The molecule has 0 atom stereocenters. The topological polar surface area (TPSA) is 55.6 Å². The van der Waals surface area contributed by atoms with Crippen LogP contribution < -0.4 is 5.32 Å². The molecule has 0 unspecified atom stereocenters. The minimum atomic E-state index is 0.713. The zero-order chi connectivity index (χ0) is 10.5. The van der Waals surface area contributed by atoms with Crippen molar-refractivity contribution in [2.45, 2.75) is 13.1 Å². The van der Waals surface area contributed by atoms with Crippen LogP contribution in [0.5, 0.6) is 0 Å². The van der Waals surface area contributed by atoms with E-state index in [1.807, 2.05) is 36.3 Å². The van der Waals surface area contributed by atoms with Gasteiger partial charge in [0.15, 0.2) is 0 Å². The van der Waals surface area contributed by atoms with E-state index in [4.69, 9.17) is 0 Å². The van der Waals surface area contributed by atoms with Crippen molar-refractivity contribution in [3.05, 3.63) is 42.0 Å². The van der Waals surface area contributed by atoms with Gasteiger partial charge in [-0.05, 0) is 18.7 Å². The van der Waals surface area contributed by atoms with E-state index < -0.39 is 0 Å². The van der Waals surface area contributed by atoms with Crippen molar-refractivity contribution in [2.24, 2.45) is 0 Å². The van der Waals surface area contributed by atoms with Gasteiger partial charge in [0.25, 0.3) is 0 Å². The molecule has 0 radical (unpaired) electrons. The summed E-state index contributed by atoms with van der Waals surface area (Å²) < 4.78 is 1.81. The third-order valence-corrected chi connectivity index (χ3v) is 2.01. The maximum atomic E-state index is 4.05. The van der Waals surface area contributed by atoms with Crippen LogP contribution >= 0.6 is 0 Å². The van der Waals surface area contributed by atoms with Gasteiger partial charge < -0.3 is 5.32 Å². The molecule has 1 N–H and O–H groups in total. The first-order valence-electron chi connectivity index (χ1n) is 4.81. The van der Waals surface area contributed by atoms with E-state index in [0.29, 0.717) is 6.54 Å². The number of nitrogens with one attached hydrogen (secondary N) is 1. The third-order valence-electron chi connectivity index (χ3n) is 2.01. The molecule has 5 nitrogen and oxygen atoms in total. The molecule has 2 heterocycles. The average molecular weight is 203 g/mol. The van der Waals surface area contributed by atoms with Gasteiger partial charge in [-0.1, -0.05) is 11.3 Å². The normalized spacial score (nSPS) is 10.5.